The summed E-state index contributed by atoms with van der Waals surface area (Å²) in [5.41, 5.74) is 1.03. The molecule has 2 aromatic rings. The van der Waals surface area contributed by atoms with E-state index in [0.29, 0.717) is 27.0 Å². The predicted molar refractivity (Wildman–Crippen MR) is 138 cm³/mol. The standard InChI is InChI=1S/C18H15I3N2O6S/c1-8(24)22-15-12(19)11(13(20)16(14(15)21)23(3)9(2)25)18(27)29-7-28-17(26)10-5-4-6-30-10/h4-6H,7H2,1-3H3,(H,22,24). The number of benzene rings is 1. The van der Waals surface area contributed by atoms with E-state index in [4.69, 9.17) is 9.47 Å². The van der Waals surface area contributed by atoms with E-state index in [9.17, 15) is 19.2 Å². The first-order valence-electron chi connectivity index (χ1n) is 8.16. The normalized spacial score (nSPS) is 10.3. The smallest absolute Gasteiger partial charge is 0.351 e. The van der Waals surface area contributed by atoms with Gasteiger partial charge in [-0.25, -0.2) is 9.59 Å². The average Bonchev–Trinajstić information content (AvgIpc) is 3.19. The van der Waals surface area contributed by atoms with Crippen molar-refractivity contribution in [3.05, 3.63) is 38.7 Å². The minimum absolute atomic E-state index is 0.163. The second-order valence-corrected chi connectivity index (χ2v) is 9.94. The van der Waals surface area contributed by atoms with Crippen LogP contribution in [0.3, 0.4) is 0 Å². The third kappa shape index (κ3) is 5.82. The van der Waals surface area contributed by atoms with Crippen LogP contribution in [-0.4, -0.2) is 37.6 Å². The van der Waals surface area contributed by atoms with Crippen molar-refractivity contribution < 1.29 is 28.7 Å². The second-order valence-electron chi connectivity index (χ2n) is 5.76. The van der Waals surface area contributed by atoms with Crippen molar-refractivity contribution in [1.29, 1.82) is 0 Å². The molecule has 0 bridgehead atoms. The van der Waals surface area contributed by atoms with Gasteiger partial charge < -0.3 is 19.7 Å². The number of carbonyl (C=O) groups excluding carboxylic acids is 4. The summed E-state index contributed by atoms with van der Waals surface area (Å²) in [6.45, 7) is 2.17. The molecule has 0 aliphatic carbocycles. The van der Waals surface area contributed by atoms with Crippen LogP contribution in [0.4, 0.5) is 11.4 Å². The fraction of sp³-hybridized carbons (Fsp3) is 0.222. The maximum absolute atomic E-state index is 12.8. The molecule has 0 saturated carbocycles. The van der Waals surface area contributed by atoms with Crippen molar-refractivity contribution in [2.45, 2.75) is 13.8 Å². The summed E-state index contributed by atoms with van der Waals surface area (Å²) in [6.07, 6.45) is 0. The molecular formula is C18H15I3N2O6S. The molecule has 12 heteroatoms. The number of nitrogens with zero attached hydrogens (tertiary/aromatic N) is 1. The third-order valence-corrected chi connectivity index (χ3v) is 7.74. The fourth-order valence-corrected chi connectivity index (χ4v) is 7.46. The third-order valence-electron chi connectivity index (χ3n) is 3.71. The first kappa shape index (κ1) is 25.3. The number of thiophene rings is 1. The first-order valence-corrected chi connectivity index (χ1v) is 12.3. The van der Waals surface area contributed by atoms with Gasteiger partial charge in [-0.05, 0) is 79.2 Å². The van der Waals surface area contributed by atoms with Crippen LogP contribution in [0.15, 0.2) is 17.5 Å². The van der Waals surface area contributed by atoms with Gasteiger partial charge in [-0.3, -0.25) is 9.59 Å². The summed E-state index contributed by atoms with van der Waals surface area (Å²) >= 11 is 7.13. The maximum atomic E-state index is 12.8. The van der Waals surface area contributed by atoms with Crippen LogP contribution < -0.4 is 10.2 Å². The number of nitrogens with one attached hydrogen (secondary N) is 1. The lowest BCUT2D eigenvalue weighted by molar-refractivity contribution is -0.116. The molecular weight excluding hydrogens is 753 g/mol. The van der Waals surface area contributed by atoms with Crippen molar-refractivity contribution in [3.8, 4) is 0 Å². The van der Waals surface area contributed by atoms with E-state index >= 15 is 0 Å². The number of hydrogen-bond donors (Lipinski definition) is 1. The minimum Gasteiger partial charge on any atom is -0.424 e. The Kier molecular flexibility index (Phi) is 9.29. The lowest BCUT2D eigenvalue weighted by Gasteiger charge is -2.24. The molecule has 1 aromatic carbocycles. The highest BCUT2D eigenvalue weighted by Gasteiger charge is 2.29. The zero-order chi connectivity index (χ0) is 22.6. The van der Waals surface area contributed by atoms with E-state index in [1.54, 1.807) is 24.6 Å². The van der Waals surface area contributed by atoms with Crippen molar-refractivity contribution in [3.63, 3.8) is 0 Å². The lowest BCUT2D eigenvalue weighted by Crippen LogP contribution is -2.27. The Balaban J connectivity index is 2.38. The van der Waals surface area contributed by atoms with Gasteiger partial charge in [0.1, 0.15) is 4.88 Å². The van der Waals surface area contributed by atoms with E-state index in [1.807, 2.05) is 67.8 Å². The molecule has 2 rings (SSSR count). The SMILES string of the molecule is CC(=O)Nc1c(I)c(C(=O)OCOC(=O)c2cccs2)c(I)c(N(C)C(C)=O)c1I. The number of rotatable bonds is 6. The topological polar surface area (TPSA) is 102 Å². The van der Waals surface area contributed by atoms with Gasteiger partial charge in [-0.2, -0.15) is 0 Å². The van der Waals surface area contributed by atoms with Gasteiger partial charge in [0.25, 0.3) is 0 Å². The highest BCUT2D eigenvalue weighted by atomic mass is 127. The van der Waals surface area contributed by atoms with E-state index in [0.717, 1.165) is 0 Å². The molecule has 160 valence electrons. The molecule has 0 radical (unpaired) electrons. The Morgan fingerprint density at radius 3 is 2.20 bits per heavy atom. The van der Waals surface area contributed by atoms with E-state index < -0.39 is 18.7 Å². The van der Waals surface area contributed by atoms with E-state index in [1.165, 1.54) is 30.1 Å². The second kappa shape index (κ2) is 11.0. The van der Waals surface area contributed by atoms with Crippen LogP contribution in [-0.2, 0) is 19.1 Å². The van der Waals surface area contributed by atoms with Gasteiger partial charge >= 0.3 is 11.9 Å². The monoisotopic (exact) mass is 768 g/mol. The molecule has 30 heavy (non-hydrogen) atoms. The van der Waals surface area contributed by atoms with Crippen molar-refractivity contribution >= 4 is 114 Å². The van der Waals surface area contributed by atoms with Crippen molar-refractivity contribution in [2.24, 2.45) is 0 Å². The Morgan fingerprint density at radius 2 is 1.67 bits per heavy atom. The molecule has 0 atom stereocenters. The highest BCUT2D eigenvalue weighted by molar-refractivity contribution is 14.1. The molecule has 2 amide bonds. The van der Waals surface area contributed by atoms with Crippen LogP contribution in [0, 0.1) is 10.7 Å². The molecule has 0 saturated heterocycles. The molecule has 1 heterocycles. The molecule has 1 N–H and O–H groups in total. The first-order chi connectivity index (χ1) is 14.1. The molecule has 1 aromatic heterocycles. The lowest BCUT2D eigenvalue weighted by atomic mass is 10.1. The van der Waals surface area contributed by atoms with Crippen LogP contribution >= 0.6 is 79.1 Å². The summed E-state index contributed by atoms with van der Waals surface area (Å²) in [5.74, 6) is -1.91. The Labute approximate surface area is 217 Å². The molecule has 0 aliphatic heterocycles. The summed E-state index contributed by atoms with van der Waals surface area (Å²) in [4.78, 5) is 50.1. The fourth-order valence-electron chi connectivity index (χ4n) is 2.24. The van der Waals surface area contributed by atoms with Crippen LogP contribution in [0.25, 0.3) is 0 Å². The molecule has 8 nitrogen and oxygen atoms in total. The zero-order valence-electron chi connectivity index (χ0n) is 15.9. The predicted octanol–water partition coefficient (Wildman–Crippen LogP) is 4.47. The number of carbonyl (C=O) groups is 4. The summed E-state index contributed by atoms with van der Waals surface area (Å²) in [5, 5.41) is 4.44. The zero-order valence-corrected chi connectivity index (χ0v) is 23.2. The van der Waals surface area contributed by atoms with Crippen LogP contribution in [0.5, 0.6) is 0 Å². The Hall–Kier alpha value is -1.01. The van der Waals surface area contributed by atoms with E-state index in [2.05, 4.69) is 5.32 Å². The number of ether oxygens (including phenoxy) is 2. The quantitative estimate of drug-likeness (QED) is 0.265. The molecule has 0 aliphatic rings. The summed E-state index contributed by atoms with van der Waals surface area (Å²) in [7, 11) is 1.57. The number of halogens is 3. The number of amides is 2. The van der Waals surface area contributed by atoms with Gasteiger partial charge in [0, 0.05) is 20.9 Å². The van der Waals surface area contributed by atoms with Crippen LogP contribution in [0.1, 0.15) is 33.9 Å². The molecule has 0 unspecified atom stereocenters. The van der Waals surface area contributed by atoms with Gasteiger partial charge in [-0.15, -0.1) is 11.3 Å². The van der Waals surface area contributed by atoms with Crippen molar-refractivity contribution in [1.82, 2.24) is 0 Å². The van der Waals surface area contributed by atoms with Crippen molar-refractivity contribution in [2.75, 3.05) is 24.1 Å². The minimum atomic E-state index is -0.746. The molecule has 0 spiro atoms. The number of esters is 2. The number of hydrogen-bond acceptors (Lipinski definition) is 7. The van der Waals surface area contributed by atoms with Gasteiger partial charge in [0.05, 0.1) is 27.6 Å². The average molecular weight is 768 g/mol. The van der Waals surface area contributed by atoms with Crippen LogP contribution in [0.2, 0.25) is 0 Å². The summed E-state index contributed by atoms with van der Waals surface area (Å²) in [6, 6.07) is 3.31. The Bertz CT molecular complexity index is 1010. The molecule has 0 fully saturated rings. The van der Waals surface area contributed by atoms with Gasteiger partial charge in [0.2, 0.25) is 18.6 Å². The number of anilines is 2. The Morgan fingerprint density at radius 1 is 1.03 bits per heavy atom. The largest absolute Gasteiger partial charge is 0.424 e. The van der Waals surface area contributed by atoms with Gasteiger partial charge in [-0.1, -0.05) is 6.07 Å². The summed E-state index contributed by atoms with van der Waals surface area (Å²) < 4.78 is 11.7. The highest BCUT2D eigenvalue weighted by Crippen LogP contribution is 2.40. The van der Waals surface area contributed by atoms with E-state index in [-0.39, 0.29) is 17.4 Å². The van der Waals surface area contributed by atoms with Gasteiger partial charge in [0.15, 0.2) is 0 Å². The maximum Gasteiger partial charge on any atom is 0.351 e.